The molecule has 0 saturated carbocycles. The number of nitrogens with one attached hydrogen (secondary N) is 1. The summed E-state index contributed by atoms with van der Waals surface area (Å²) < 4.78 is 40.9. The van der Waals surface area contributed by atoms with Gasteiger partial charge in [-0.3, -0.25) is 19.8 Å². The Bertz CT molecular complexity index is 1040. The van der Waals surface area contributed by atoms with Crippen LogP contribution in [0.25, 0.3) is 0 Å². The molecule has 2 heterocycles. The van der Waals surface area contributed by atoms with Crippen molar-refractivity contribution in [3.63, 3.8) is 0 Å². The first-order valence-electron chi connectivity index (χ1n) is 9.37. The molecule has 2 aliphatic rings. The number of carbonyl (C=O) groups is 3. The van der Waals surface area contributed by atoms with Crippen molar-refractivity contribution in [1.82, 2.24) is 15.3 Å². The summed E-state index contributed by atoms with van der Waals surface area (Å²) in [7, 11) is 0. The molecule has 1 fully saturated rings. The summed E-state index contributed by atoms with van der Waals surface area (Å²) in [6, 6.07) is 10.8. The molecular weight excluding hydrogens is 399 g/mol. The summed E-state index contributed by atoms with van der Waals surface area (Å²) in [5.41, 5.74) is 4.12. The van der Waals surface area contributed by atoms with Gasteiger partial charge in [0.05, 0.1) is 12.1 Å². The topological polar surface area (TPSA) is 69.7 Å². The number of likely N-dealkylation sites (tertiary alicyclic amines) is 1. The highest BCUT2D eigenvalue weighted by Gasteiger charge is 2.42. The van der Waals surface area contributed by atoms with Crippen molar-refractivity contribution in [3.05, 3.63) is 70.5 Å². The molecule has 1 saturated heterocycles. The van der Waals surface area contributed by atoms with Crippen LogP contribution in [0.15, 0.2) is 42.5 Å². The molecule has 0 spiro atoms. The van der Waals surface area contributed by atoms with E-state index in [1.165, 1.54) is 12.1 Å². The Kier molecular flexibility index (Phi) is 5.07. The molecule has 30 heavy (non-hydrogen) atoms. The van der Waals surface area contributed by atoms with Crippen molar-refractivity contribution in [2.24, 2.45) is 0 Å². The Morgan fingerprint density at radius 2 is 1.90 bits per heavy atom. The minimum absolute atomic E-state index is 0.163. The molecule has 2 aromatic carbocycles. The van der Waals surface area contributed by atoms with Crippen LogP contribution in [0, 0.1) is 5.82 Å². The van der Waals surface area contributed by atoms with Gasteiger partial charge in [0, 0.05) is 31.6 Å². The van der Waals surface area contributed by atoms with Crippen LogP contribution in [0.4, 0.5) is 13.2 Å². The number of hydrogen-bond donors (Lipinski definition) is 1. The lowest BCUT2D eigenvalue weighted by Gasteiger charge is -2.29. The van der Waals surface area contributed by atoms with Crippen LogP contribution in [0.1, 0.15) is 38.3 Å². The largest absolute Gasteiger partial charge is 0.330 e. The van der Waals surface area contributed by atoms with Crippen molar-refractivity contribution in [1.29, 1.82) is 0 Å². The van der Waals surface area contributed by atoms with Crippen LogP contribution >= 0.6 is 0 Å². The van der Waals surface area contributed by atoms with Crippen LogP contribution in [0.2, 0.25) is 0 Å². The maximum absolute atomic E-state index is 14.2. The number of hydrazine groups is 1. The number of fused-ring (bicyclic) bond motifs is 1. The SMILES string of the molecule is O=C(C(=O)N1CCC(F)(F)C1)c1cc(CN2Cc3ccccc3C(=O)N2)ccc1F. The van der Waals surface area contributed by atoms with Gasteiger partial charge in [0.25, 0.3) is 23.5 Å². The predicted molar refractivity (Wildman–Crippen MR) is 100 cm³/mol. The standard InChI is InChI=1S/C21H18F3N3O3/c22-17-6-5-13(10-27-11-14-3-1-2-4-15(14)19(29)25-27)9-16(17)18(28)20(30)26-8-7-21(23,24)12-26/h1-6,9H,7-8,10-12H2,(H,25,29). The van der Waals surface area contributed by atoms with E-state index in [1.807, 2.05) is 12.1 Å². The Balaban J connectivity index is 1.51. The van der Waals surface area contributed by atoms with Gasteiger partial charge in [0.1, 0.15) is 5.82 Å². The van der Waals surface area contributed by atoms with Crippen molar-refractivity contribution in [2.75, 3.05) is 13.1 Å². The van der Waals surface area contributed by atoms with Crippen molar-refractivity contribution in [3.8, 4) is 0 Å². The molecule has 0 aliphatic carbocycles. The third kappa shape index (κ3) is 3.93. The fourth-order valence-electron chi connectivity index (χ4n) is 3.66. The minimum Gasteiger partial charge on any atom is -0.330 e. The van der Waals surface area contributed by atoms with E-state index >= 15 is 0 Å². The van der Waals surface area contributed by atoms with Crippen molar-refractivity contribution in [2.45, 2.75) is 25.4 Å². The van der Waals surface area contributed by atoms with E-state index in [2.05, 4.69) is 5.43 Å². The molecule has 0 radical (unpaired) electrons. The first kappa shape index (κ1) is 20.1. The van der Waals surface area contributed by atoms with Crippen LogP contribution in [-0.2, 0) is 17.9 Å². The third-order valence-corrected chi connectivity index (χ3v) is 5.18. The number of halogens is 3. The van der Waals surface area contributed by atoms with E-state index in [0.717, 1.165) is 16.5 Å². The molecule has 1 N–H and O–H groups in total. The van der Waals surface area contributed by atoms with E-state index in [1.54, 1.807) is 17.1 Å². The summed E-state index contributed by atoms with van der Waals surface area (Å²) in [6.45, 7) is -0.531. The molecule has 2 amide bonds. The summed E-state index contributed by atoms with van der Waals surface area (Å²) in [6.07, 6.45) is -0.523. The lowest BCUT2D eigenvalue weighted by Crippen LogP contribution is -2.45. The van der Waals surface area contributed by atoms with Crippen molar-refractivity contribution < 1.29 is 27.6 Å². The van der Waals surface area contributed by atoms with Crippen molar-refractivity contribution >= 4 is 17.6 Å². The van der Waals surface area contributed by atoms with Crippen LogP contribution in [0.3, 0.4) is 0 Å². The molecular formula is C21H18F3N3O3. The third-order valence-electron chi connectivity index (χ3n) is 5.18. The first-order valence-corrected chi connectivity index (χ1v) is 9.37. The molecule has 0 atom stereocenters. The Hall–Kier alpha value is -3.20. The molecule has 0 bridgehead atoms. The van der Waals surface area contributed by atoms with Gasteiger partial charge in [-0.15, -0.1) is 0 Å². The summed E-state index contributed by atoms with van der Waals surface area (Å²) in [5, 5.41) is 1.61. The second-order valence-electron chi connectivity index (χ2n) is 7.43. The Morgan fingerprint density at radius 1 is 1.13 bits per heavy atom. The number of benzene rings is 2. The highest BCUT2D eigenvalue weighted by molar-refractivity contribution is 6.42. The predicted octanol–water partition coefficient (Wildman–Crippen LogP) is 2.54. The van der Waals surface area contributed by atoms with Crippen LogP contribution in [-0.4, -0.2) is 46.5 Å². The normalized spacial score (nSPS) is 18.1. The number of alkyl halides is 2. The van der Waals surface area contributed by atoms with Crippen LogP contribution in [0.5, 0.6) is 0 Å². The molecule has 156 valence electrons. The lowest BCUT2D eigenvalue weighted by molar-refractivity contribution is -0.126. The smallest absolute Gasteiger partial charge is 0.295 e. The number of hydrogen-bond acceptors (Lipinski definition) is 4. The molecule has 2 aromatic rings. The van der Waals surface area contributed by atoms with E-state index in [4.69, 9.17) is 0 Å². The van der Waals surface area contributed by atoms with E-state index in [0.29, 0.717) is 17.7 Å². The van der Waals surface area contributed by atoms with Gasteiger partial charge in [-0.25, -0.2) is 18.2 Å². The number of Topliss-reactive ketones (excluding diaryl/α,β-unsaturated/α-hetero) is 1. The highest BCUT2D eigenvalue weighted by atomic mass is 19.3. The number of nitrogens with zero attached hydrogens (tertiary/aromatic N) is 2. The quantitative estimate of drug-likeness (QED) is 0.613. The molecule has 2 aliphatic heterocycles. The number of ketones is 1. The average Bonchev–Trinajstić information content (AvgIpc) is 3.08. The zero-order valence-corrected chi connectivity index (χ0v) is 15.8. The second kappa shape index (κ2) is 7.56. The van der Waals surface area contributed by atoms with E-state index < -0.39 is 42.0 Å². The Labute approximate surface area is 170 Å². The van der Waals surface area contributed by atoms with Crippen LogP contribution < -0.4 is 5.43 Å². The van der Waals surface area contributed by atoms with Gasteiger partial charge in [0.2, 0.25) is 0 Å². The molecule has 6 nitrogen and oxygen atoms in total. The number of rotatable bonds is 4. The van der Waals surface area contributed by atoms with Gasteiger partial charge in [-0.2, -0.15) is 0 Å². The summed E-state index contributed by atoms with van der Waals surface area (Å²) in [5.74, 6) is -6.54. The van der Waals surface area contributed by atoms with Gasteiger partial charge in [-0.1, -0.05) is 24.3 Å². The Morgan fingerprint density at radius 3 is 2.63 bits per heavy atom. The maximum atomic E-state index is 14.2. The fourth-order valence-corrected chi connectivity index (χ4v) is 3.66. The minimum atomic E-state index is -3.04. The van der Waals surface area contributed by atoms with Gasteiger partial charge in [0.15, 0.2) is 0 Å². The first-order chi connectivity index (χ1) is 14.2. The highest BCUT2D eigenvalue weighted by Crippen LogP contribution is 2.27. The molecule has 9 heteroatoms. The summed E-state index contributed by atoms with van der Waals surface area (Å²) >= 11 is 0. The molecule has 0 unspecified atom stereocenters. The summed E-state index contributed by atoms with van der Waals surface area (Å²) in [4.78, 5) is 37.7. The monoisotopic (exact) mass is 417 g/mol. The lowest BCUT2D eigenvalue weighted by atomic mass is 10.0. The van der Waals surface area contributed by atoms with E-state index in [-0.39, 0.29) is 19.0 Å². The zero-order valence-electron chi connectivity index (χ0n) is 15.8. The van der Waals surface area contributed by atoms with Gasteiger partial charge < -0.3 is 4.90 Å². The number of carbonyl (C=O) groups excluding carboxylic acids is 3. The zero-order chi connectivity index (χ0) is 21.5. The maximum Gasteiger partial charge on any atom is 0.295 e. The van der Waals surface area contributed by atoms with Gasteiger partial charge >= 0.3 is 0 Å². The second-order valence-corrected chi connectivity index (χ2v) is 7.43. The fraction of sp³-hybridized carbons (Fsp3) is 0.286. The number of amides is 2. The average molecular weight is 417 g/mol. The van der Waals surface area contributed by atoms with E-state index in [9.17, 15) is 27.6 Å². The molecule has 0 aromatic heterocycles. The molecule has 4 rings (SSSR count). The van der Waals surface area contributed by atoms with Gasteiger partial charge in [-0.05, 0) is 29.3 Å².